The second kappa shape index (κ2) is 10.6. The third kappa shape index (κ3) is 6.80. The molecule has 35 heavy (non-hydrogen) atoms. The molecule has 0 amide bonds. The Morgan fingerprint density at radius 1 is 1.00 bits per heavy atom. The van der Waals surface area contributed by atoms with E-state index in [1.165, 1.54) is 6.07 Å². The lowest BCUT2D eigenvalue weighted by molar-refractivity contribution is -0.141. The molecular formula is C29H38F3NO2. The third-order valence-corrected chi connectivity index (χ3v) is 7.25. The number of nitrogens with one attached hydrogen (secondary N) is 1. The second-order valence-corrected chi connectivity index (χ2v) is 11.4. The van der Waals surface area contributed by atoms with Crippen molar-refractivity contribution in [2.45, 2.75) is 84.9 Å². The SMILES string of the molecule is CC(C)CC(C(=O)O)c1cc(-c2ccccc2)cc(NC2CCC(C(C)(C)C)CC2)c1C(F)(F)F. The van der Waals surface area contributed by atoms with Crippen LogP contribution in [0.25, 0.3) is 11.1 Å². The Balaban J connectivity index is 2.11. The molecule has 2 aromatic carbocycles. The van der Waals surface area contributed by atoms with Gasteiger partial charge in [0.25, 0.3) is 0 Å². The summed E-state index contributed by atoms with van der Waals surface area (Å²) in [6.45, 7) is 10.3. The predicted molar refractivity (Wildman–Crippen MR) is 136 cm³/mol. The maximum Gasteiger partial charge on any atom is 0.418 e. The van der Waals surface area contributed by atoms with Gasteiger partial charge in [0.1, 0.15) is 0 Å². The molecule has 0 aliphatic heterocycles. The van der Waals surface area contributed by atoms with E-state index in [2.05, 4.69) is 26.1 Å². The van der Waals surface area contributed by atoms with Crippen LogP contribution >= 0.6 is 0 Å². The van der Waals surface area contributed by atoms with Crippen molar-refractivity contribution < 1.29 is 23.1 Å². The molecule has 1 saturated carbocycles. The van der Waals surface area contributed by atoms with Gasteiger partial charge in [0.15, 0.2) is 0 Å². The fourth-order valence-electron chi connectivity index (χ4n) is 5.32. The average Bonchev–Trinajstić information content (AvgIpc) is 2.76. The first-order valence-electron chi connectivity index (χ1n) is 12.6. The Morgan fingerprint density at radius 3 is 2.09 bits per heavy atom. The van der Waals surface area contributed by atoms with Gasteiger partial charge in [-0.25, -0.2) is 0 Å². The highest BCUT2D eigenvalue weighted by molar-refractivity contribution is 5.81. The Morgan fingerprint density at radius 2 is 1.60 bits per heavy atom. The highest BCUT2D eigenvalue weighted by Gasteiger charge is 2.41. The van der Waals surface area contributed by atoms with Gasteiger partial charge >= 0.3 is 12.1 Å². The number of carboxylic acids is 1. The van der Waals surface area contributed by atoms with Crippen molar-refractivity contribution in [3.8, 4) is 11.1 Å². The number of anilines is 1. The van der Waals surface area contributed by atoms with E-state index >= 15 is 0 Å². The quantitative estimate of drug-likeness (QED) is 0.409. The van der Waals surface area contributed by atoms with E-state index in [9.17, 15) is 23.1 Å². The highest BCUT2D eigenvalue weighted by atomic mass is 19.4. The van der Waals surface area contributed by atoms with Crippen LogP contribution in [-0.2, 0) is 11.0 Å². The zero-order chi connectivity index (χ0) is 26.0. The lowest BCUT2D eigenvalue weighted by Crippen LogP contribution is -2.32. The number of carbonyl (C=O) groups is 1. The molecule has 0 heterocycles. The number of rotatable bonds is 7. The molecule has 1 atom stereocenters. The standard InChI is InChI=1S/C29H38F3NO2/c1-18(2)15-24(27(34)35)23-16-20(19-9-7-6-8-10-19)17-25(26(23)29(30,31)32)33-22-13-11-21(12-14-22)28(3,4)5/h6-10,16-18,21-22,24,33H,11-15H2,1-5H3,(H,34,35). The summed E-state index contributed by atoms with van der Waals surface area (Å²) >= 11 is 0. The first kappa shape index (κ1) is 27.1. The predicted octanol–water partition coefficient (Wildman–Crippen LogP) is 8.60. The minimum absolute atomic E-state index is 0.0110. The molecule has 1 fully saturated rings. The van der Waals surface area contributed by atoms with E-state index in [-0.39, 0.29) is 35.0 Å². The van der Waals surface area contributed by atoms with Crippen LogP contribution in [0.1, 0.15) is 83.8 Å². The maximum atomic E-state index is 14.5. The molecule has 1 aliphatic rings. The summed E-state index contributed by atoms with van der Waals surface area (Å²) in [5.41, 5.74) is 0.510. The van der Waals surface area contributed by atoms with Crippen molar-refractivity contribution in [3.63, 3.8) is 0 Å². The number of aliphatic carboxylic acids is 1. The summed E-state index contributed by atoms with van der Waals surface area (Å²) < 4.78 is 43.6. The number of halogens is 3. The van der Waals surface area contributed by atoms with Gasteiger partial charge in [0.05, 0.1) is 11.5 Å². The molecule has 192 valence electrons. The zero-order valence-corrected chi connectivity index (χ0v) is 21.4. The summed E-state index contributed by atoms with van der Waals surface area (Å²) in [7, 11) is 0. The summed E-state index contributed by atoms with van der Waals surface area (Å²) in [6.07, 6.45) is -1.05. The lowest BCUT2D eigenvalue weighted by atomic mass is 9.71. The largest absolute Gasteiger partial charge is 0.481 e. The van der Waals surface area contributed by atoms with Gasteiger partial charge < -0.3 is 10.4 Å². The molecule has 0 radical (unpaired) electrons. The van der Waals surface area contributed by atoms with Crippen LogP contribution in [0.5, 0.6) is 0 Å². The minimum Gasteiger partial charge on any atom is -0.481 e. The monoisotopic (exact) mass is 489 g/mol. The summed E-state index contributed by atoms with van der Waals surface area (Å²) in [5, 5.41) is 13.2. The van der Waals surface area contributed by atoms with Crippen molar-refractivity contribution in [1.29, 1.82) is 0 Å². The van der Waals surface area contributed by atoms with Crippen molar-refractivity contribution >= 4 is 11.7 Å². The molecule has 2 aromatic rings. The van der Waals surface area contributed by atoms with Crippen LogP contribution in [0.3, 0.4) is 0 Å². The fraction of sp³-hybridized carbons (Fsp3) is 0.552. The summed E-state index contributed by atoms with van der Waals surface area (Å²) in [5.74, 6) is -2.00. The minimum atomic E-state index is -4.68. The number of hydrogen-bond acceptors (Lipinski definition) is 2. The van der Waals surface area contributed by atoms with Gasteiger partial charge in [0.2, 0.25) is 0 Å². The normalized spacial score (nSPS) is 20.0. The van der Waals surface area contributed by atoms with Gasteiger partial charge in [-0.1, -0.05) is 65.0 Å². The molecule has 3 nitrogen and oxygen atoms in total. The second-order valence-electron chi connectivity index (χ2n) is 11.4. The lowest BCUT2D eigenvalue weighted by Gasteiger charge is -2.38. The Hall–Kier alpha value is -2.50. The first-order chi connectivity index (χ1) is 16.3. The molecule has 0 spiro atoms. The number of carboxylic acid groups (broad SMARTS) is 1. The van der Waals surface area contributed by atoms with Gasteiger partial charge in [-0.05, 0) is 78.2 Å². The number of hydrogen-bond donors (Lipinski definition) is 2. The smallest absolute Gasteiger partial charge is 0.418 e. The van der Waals surface area contributed by atoms with Crippen LogP contribution in [0, 0.1) is 17.3 Å². The van der Waals surface area contributed by atoms with Gasteiger partial charge in [0, 0.05) is 11.7 Å². The fourth-order valence-corrected chi connectivity index (χ4v) is 5.32. The van der Waals surface area contributed by atoms with Crippen molar-refractivity contribution in [1.82, 2.24) is 0 Å². The van der Waals surface area contributed by atoms with Gasteiger partial charge in [-0.2, -0.15) is 13.2 Å². The van der Waals surface area contributed by atoms with Crippen molar-refractivity contribution in [2.24, 2.45) is 17.3 Å². The van der Waals surface area contributed by atoms with E-state index in [1.807, 2.05) is 44.2 Å². The van der Waals surface area contributed by atoms with Crippen LogP contribution in [0.15, 0.2) is 42.5 Å². The third-order valence-electron chi connectivity index (χ3n) is 7.25. The molecule has 1 unspecified atom stereocenters. The molecule has 2 N–H and O–H groups in total. The zero-order valence-electron chi connectivity index (χ0n) is 21.4. The molecule has 3 rings (SSSR count). The molecule has 0 aromatic heterocycles. The maximum absolute atomic E-state index is 14.5. The molecule has 0 bridgehead atoms. The number of alkyl halides is 3. The summed E-state index contributed by atoms with van der Waals surface area (Å²) in [6, 6.07) is 12.1. The van der Waals surface area contributed by atoms with E-state index in [1.54, 1.807) is 6.07 Å². The average molecular weight is 490 g/mol. The van der Waals surface area contributed by atoms with Gasteiger partial charge in [-0.15, -0.1) is 0 Å². The molecule has 1 aliphatic carbocycles. The van der Waals surface area contributed by atoms with Crippen LogP contribution < -0.4 is 5.32 Å². The van der Waals surface area contributed by atoms with E-state index < -0.39 is 23.6 Å². The highest BCUT2D eigenvalue weighted by Crippen LogP contribution is 2.45. The molecular weight excluding hydrogens is 451 g/mol. The Labute approximate surface area is 207 Å². The molecule has 6 heteroatoms. The Kier molecular flexibility index (Phi) is 8.23. The van der Waals surface area contributed by atoms with E-state index in [0.717, 1.165) is 31.2 Å². The van der Waals surface area contributed by atoms with Crippen LogP contribution in [-0.4, -0.2) is 17.1 Å². The van der Waals surface area contributed by atoms with Crippen molar-refractivity contribution in [3.05, 3.63) is 53.6 Å². The topological polar surface area (TPSA) is 49.3 Å². The Bertz CT molecular complexity index is 1000. The number of benzene rings is 2. The van der Waals surface area contributed by atoms with E-state index in [4.69, 9.17) is 0 Å². The summed E-state index contributed by atoms with van der Waals surface area (Å²) in [4.78, 5) is 12.2. The van der Waals surface area contributed by atoms with Crippen LogP contribution in [0.4, 0.5) is 18.9 Å². The first-order valence-corrected chi connectivity index (χ1v) is 12.6. The van der Waals surface area contributed by atoms with Gasteiger partial charge in [-0.3, -0.25) is 4.79 Å². The van der Waals surface area contributed by atoms with E-state index in [0.29, 0.717) is 11.5 Å². The molecule has 0 saturated heterocycles. The van der Waals surface area contributed by atoms with Crippen molar-refractivity contribution in [2.75, 3.05) is 5.32 Å². The van der Waals surface area contributed by atoms with Crippen LogP contribution in [0.2, 0.25) is 0 Å².